The van der Waals surface area contributed by atoms with Crippen LogP contribution in [0.4, 0.5) is 10.1 Å². The highest BCUT2D eigenvalue weighted by atomic mass is 19.1. The number of hydrogen-bond acceptors (Lipinski definition) is 4. The van der Waals surface area contributed by atoms with Gasteiger partial charge in [0.1, 0.15) is 5.82 Å². The van der Waals surface area contributed by atoms with Crippen molar-refractivity contribution in [1.82, 2.24) is 5.32 Å². The van der Waals surface area contributed by atoms with Crippen molar-refractivity contribution in [2.45, 2.75) is 6.54 Å². The molecule has 0 heterocycles. The largest absolute Gasteiger partial charge is 0.383 e. The third-order valence-electron chi connectivity index (χ3n) is 2.63. The Morgan fingerprint density at radius 1 is 1.47 bits per heavy atom. The smallest absolute Gasteiger partial charge is 0.239 e. The van der Waals surface area contributed by atoms with Crippen LogP contribution in [0.25, 0.3) is 0 Å². The lowest BCUT2D eigenvalue weighted by atomic mass is 10.2. The van der Waals surface area contributed by atoms with E-state index in [-0.39, 0.29) is 24.8 Å². The number of ether oxygens (including phenoxy) is 1. The van der Waals surface area contributed by atoms with Crippen LogP contribution in [-0.2, 0) is 16.1 Å². The molecule has 1 rings (SSSR count). The number of anilines is 1. The van der Waals surface area contributed by atoms with Crippen molar-refractivity contribution in [2.24, 2.45) is 5.73 Å². The van der Waals surface area contributed by atoms with Crippen LogP contribution in [0.5, 0.6) is 0 Å². The molecule has 19 heavy (non-hydrogen) atoms. The first kappa shape index (κ1) is 15.4. The van der Waals surface area contributed by atoms with Crippen LogP contribution in [0.15, 0.2) is 18.2 Å². The van der Waals surface area contributed by atoms with E-state index in [1.54, 1.807) is 25.1 Å². The number of carbonyl (C=O) groups is 1. The van der Waals surface area contributed by atoms with E-state index in [0.717, 1.165) is 0 Å². The average molecular weight is 269 g/mol. The second kappa shape index (κ2) is 7.70. The van der Waals surface area contributed by atoms with Gasteiger partial charge in [0.15, 0.2) is 0 Å². The Hall–Kier alpha value is -1.66. The second-order valence-electron chi connectivity index (χ2n) is 4.22. The fourth-order valence-corrected chi connectivity index (χ4v) is 1.63. The number of benzene rings is 1. The first-order valence-electron chi connectivity index (χ1n) is 6.03. The Balaban J connectivity index is 2.59. The standard InChI is InChI=1S/C13H20FN3O2/c1-17(9-13(18)16-3-4-19-2)12-6-10(8-15)5-11(14)7-12/h5-7H,3-4,8-9,15H2,1-2H3,(H,16,18). The van der Waals surface area contributed by atoms with Crippen LogP contribution in [0, 0.1) is 5.82 Å². The number of nitrogens with zero attached hydrogens (tertiary/aromatic N) is 1. The van der Waals surface area contributed by atoms with Gasteiger partial charge < -0.3 is 20.7 Å². The fourth-order valence-electron chi connectivity index (χ4n) is 1.63. The second-order valence-corrected chi connectivity index (χ2v) is 4.22. The van der Waals surface area contributed by atoms with Crippen LogP contribution in [0.3, 0.4) is 0 Å². The first-order chi connectivity index (χ1) is 9.06. The highest BCUT2D eigenvalue weighted by Gasteiger charge is 2.09. The van der Waals surface area contributed by atoms with Crippen molar-refractivity contribution in [3.05, 3.63) is 29.6 Å². The van der Waals surface area contributed by atoms with Gasteiger partial charge in [0.2, 0.25) is 5.91 Å². The number of likely N-dealkylation sites (N-methyl/N-ethyl adjacent to an activating group) is 1. The quantitative estimate of drug-likeness (QED) is 0.707. The molecule has 1 amide bonds. The number of amides is 1. The zero-order valence-electron chi connectivity index (χ0n) is 11.3. The van der Waals surface area contributed by atoms with Crippen molar-refractivity contribution >= 4 is 11.6 Å². The topological polar surface area (TPSA) is 67.6 Å². The molecule has 0 unspecified atom stereocenters. The van der Waals surface area contributed by atoms with Gasteiger partial charge in [-0.25, -0.2) is 4.39 Å². The molecule has 0 aliphatic heterocycles. The van der Waals surface area contributed by atoms with E-state index in [0.29, 0.717) is 24.4 Å². The number of rotatable bonds is 7. The summed E-state index contributed by atoms with van der Waals surface area (Å²) >= 11 is 0. The number of carbonyl (C=O) groups excluding carboxylic acids is 1. The number of hydrogen-bond donors (Lipinski definition) is 2. The Morgan fingerprint density at radius 2 is 2.21 bits per heavy atom. The van der Waals surface area contributed by atoms with Gasteiger partial charge >= 0.3 is 0 Å². The summed E-state index contributed by atoms with van der Waals surface area (Å²) in [6, 6.07) is 4.53. The van der Waals surface area contributed by atoms with Crippen LogP contribution in [0.1, 0.15) is 5.56 Å². The van der Waals surface area contributed by atoms with E-state index >= 15 is 0 Å². The highest BCUT2D eigenvalue weighted by molar-refractivity contribution is 5.81. The Bertz CT molecular complexity index is 426. The van der Waals surface area contributed by atoms with Gasteiger partial charge in [-0.05, 0) is 23.8 Å². The third-order valence-corrected chi connectivity index (χ3v) is 2.63. The summed E-state index contributed by atoms with van der Waals surface area (Å²) < 4.78 is 18.2. The summed E-state index contributed by atoms with van der Waals surface area (Å²) in [4.78, 5) is 13.3. The van der Waals surface area contributed by atoms with Gasteiger partial charge in [-0.15, -0.1) is 0 Å². The molecule has 0 fully saturated rings. The van der Waals surface area contributed by atoms with E-state index < -0.39 is 0 Å². The molecule has 0 bridgehead atoms. The predicted octanol–water partition coefficient (Wildman–Crippen LogP) is 0.483. The van der Waals surface area contributed by atoms with E-state index in [2.05, 4.69) is 5.32 Å². The van der Waals surface area contributed by atoms with Crippen LogP contribution in [0.2, 0.25) is 0 Å². The van der Waals surface area contributed by atoms with Crippen molar-refractivity contribution in [3.63, 3.8) is 0 Å². The molecule has 3 N–H and O–H groups in total. The zero-order valence-corrected chi connectivity index (χ0v) is 11.3. The molecule has 6 heteroatoms. The maximum absolute atomic E-state index is 13.4. The van der Waals surface area contributed by atoms with Crippen LogP contribution in [-0.4, -0.2) is 39.8 Å². The van der Waals surface area contributed by atoms with Crippen LogP contribution >= 0.6 is 0 Å². The summed E-state index contributed by atoms with van der Waals surface area (Å²) in [5.74, 6) is -0.497. The van der Waals surface area contributed by atoms with Gasteiger partial charge in [-0.2, -0.15) is 0 Å². The Morgan fingerprint density at radius 3 is 2.84 bits per heavy atom. The van der Waals surface area contributed by atoms with E-state index in [4.69, 9.17) is 10.5 Å². The molecule has 0 aromatic heterocycles. The van der Waals surface area contributed by atoms with Crippen molar-refractivity contribution in [2.75, 3.05) is 38.8 Å². The van der Waals surface area contributed by atoms with E-state index in [9.17, 15) is 9.18 Å². The molecule has 0 radical (unpaired) electrons. The first-order valence-corrected chi connectivity index (χ1v) is 6.03. The molecule has 0 atom stereocenters. The minimum atomic E-state index is -0.357. The van der Waals surface area contributed by atoms with Crippen LogP contribution < -0.4 is 16.0 Å². The summed E-state index contributed by atoms with van der Waals surface area (Å²) in [5.41, 5.74) is 6.81. The maximum atomic E-state index is 13.4. The number of halogens is 1. The average Bonchev–Trinajstić information content (AvgIpc) is 2.38. The summed E-state index contributed by atoms with van der Waals surface area (Å²) in [5, 5.41) is 2.70. The molecule has 0 aliphatic carbocycles. The van der Waals surface area contributed by atoms with Crippen molar-refractivity contribution < 1.29 is 13.9 Å². The normalized spacial score (nSPS) is 10.3. The van der Waals surface area contributed by atoms with E-state index in [1.165, 1.54) is 12.1 Å². The summed E-state index contributed by atoms with van der Waals surface area (Å²) in [6.07, 6.45) is 0. The van der Waals surface area contributed by atoms with Gasteiger partial charge in [0.25, 0.3) is 0 Å². The SMILES string of the molecule is COCCNC(=O)CN(C)c1cc(F)cc(CN)c1. The molecule has 1 aromatic carbocycles. The lowest BCUT2D eigenvalue weighted by Gasteiger charge is -2.19. The van der Waals surface area contributed by atoms with Gasteiger partial charge in [0.05, 0.1) is 13.2 Å². The minimum Gasteiger partial charge on any atom is -0.383 e. The number of nitrogens with two attached hydrogens (primary N) is 1. The van der Waals surface area contributed by atoms with Gasteiger partial charge in [-0.1, -0.05) is 0 Å². The fraction of sp³-hybridized carbons (Fsp3) is 0.462. The minimum absolute atomic E-state index is 0.141. The maximum Gasteiger partial charge on any atom is 0.239 e. The Labute approximate surface area is 112 Å². The summed E-state index contributed by atoms with van der Waals surface area (Å²) in [7, 11) is 3.30. The number of methoxy groups -OCH3 is 1. The molecule has 0 spiro atoms. The zero-order chi connectivity index (χ0) is 14.3. The molecule has 0 aliphatic rings. The molecule has 0 saturated heterocycles. The van der Waals surface area contributed by atoms with Gasteiger partial charge in [-0.3, -0.25) is 4.79 Å². The molecule has 1 aromatic rings. The van der Waals surface area contributed by atoms with E-state index in [1.807, 2.05) is 0 Å². The Kier molecular flexibility index (Phi) is 6.24. The predicted molar refractivity (Wildman–Crippen MR) is 72.4 cm³/mol. The highest BCUT2D eigenvalue weighted by Crippen LogP contribution is 2.17. The monoisotopic (exact) mass is 269 g/mol. The summed E-state index contributed by atoms with van der Waals surface area (Å²) in [6.45, 7) is 1.34. The van der Waals surface area contributed by atoms with Crippen molar-refractivity contribution in [1.29, 1.82) is 0 Å². The lowest BCUT2D eigenvalue weighted by Crippen LogP contribution is -2.36. The molecular formula is C13H20FN3O2. The van der Waals surface area contributed by atoms with Crippen molar-refractivity contribution in [3.8, 4) is 0 Å². The lowest BCUT2D eigenvalue weighted by molar-refractivity contribution is -0.119. The molecule has 106 valence electrons. The van der Waals surface area contributed by atoms with Gasteiger partial charge in [0, 0.05) is 32.9 Å². The third kappa shape index (κ3) is 5.23. The molecule has 0 saturated carbocycles. The number of nitrogens with one attached hydrogen (secondary N) is 1. The molecular weight excluding hydrogens is 249 g/mol. The molecule has 5 nitrogen and oxygen atoms in total.